The van der Waals surface area contributed by atoms with Crippen LogP contribution in [0.2, 0.25) is 0 Å². The molecule has 1 aromatic heterocycles. The van der Waals surface area contributed by atoms with Crippen molar-refractivity contribution in [2.24, 2.45) is 14.1 Å². The van der Waals surface area contributed by atoms with E-state index < -0.39 is 0 Å². The number of rotatable bonds is 1. The molecular formula is C13H17N3O3. The van der Waals surface area contributed by atoms with Crippen LogP contribution in [0.4, 0.5) is 5.82 Å². The monoisotopic (exact) mass is 263 g/mol. The van der Waals surface area contributed by atoms with Crippen molar-refractivity contribution >= 4 is 11.6 Å². The molecule has 0 amide bonds. The fourth-order valence-electron chi connectivity index (χ4n) is 2.69. The van der Waals surface area contributed by atoms with Crippen molar-refractivity contribution in [1.29, 1.82) is 0 Å². The van der Waals surface area contributed by atoms with Crippen LogP contribution in [0.3, 0.4) is 0 Å². The zero-order chi connectivity index (χ0) is 14.5. The highest BCUT2D eigenvalue weighted by Gasteiger charge is 2.30. The second-order valence-electron chi connectivity index (χ2n) is 4.91. The van der Waals surface area contributed by atoms with E-state index in [1.54, 1.807) is 14.0 Å². The van der Waals surface area contributed by atoms with Crippen molar-refractivity contribution in [3.63, 3.8) is 0 Å². The summed E-state index contributed by atoms with van der Waals surface area (Å²) < 4.78 is 2.46. The van der Waals surface area contributed by atoms with Gasteiger partial charge < -0.3 is 5.32 Å². The number of aromatic nitrogens is 2. The van der Waals surface area contributed by atoms with Crippen molar-refractivity contribution in [1.82, 2.24) is 9.13 Å². The van der Waals surface area contributed by atoms with Crippen molar-refractivity contribution in [3.05, 3.63) is 37.7 Å². The second-order valence-corrected chi connectivity index (χ2v) is 4.91. The lowest BCUT2D eigenvalue weighted by Crippen LogP contribution is -2.42. The van der Waals surface area contributed by atoms with Gasteiger partial charge in [-0.15, -0.1) is 0 Å². The van der Waals surface area contributed by atoms with Gasteiger partial charge >= 0.3 is 5.69 Å². The second kappa shape index (κ2) is 4.22. The van der Waals surface area contributed by atoms with Gasteiger partial charge in [0.2, 0.25) is 0 Å². The molecule has 102 valence electrons. The highest BCUT2D eigenvalue weighted by Crippen LogP contribution is 2.34. The number of nitrogens with zero attached hydrogens (tertiary/aromatic N) is 2. The smallest absolute Gasteiger partial charge is 0.332 e. The minimum absolute atomic E-state index is 0.0703. The quantitative estimate of drug-likeness (QED) is 0.799. The summed E-state index contributed by atoms with van der Waals surface area (Å²) in [4.78, 5) is 35.8. The Hall–Kier alpha value is -2.11. The number of hydrogen-bond donors (Lipinski definition) is 1. The predicted molar refractivity (Wildman–Crippen MR) is 72.3 cm³/mol. The third-order valence-corrected chi connectivity index (χ3v) is 3.65. The van der Waals surface area contributed by atoms with Gasteiger partial charge in [-0.25, -0.2) is 4.79 Å². The van der Waals surface area contributed by atoms with Gasteiger partial charge in [0.1, 0.15) is 5.82 Å². The van der Waals surface area contributed by atoms with E-state index in [1.807, 2.05) is 6.92 Å². The molecule has 6 nitrogen and oxygen atoms in total. The third kappa shape index (κ3) is 1.75. The van der Waals surface area contributed by atoms with E-state index in [9.17, 15) is 14.4 Å². The maximum absolute atomic E-state index is 12.2. The SMILES string of the molecule is CC(=O)C1=C(C)Nc2c(c(=O)n(C)c(=O)n2C)C1C. The van der Waals surface area contributed by atoms with Crippen LogP contribution >= 0.6 is 0 Å². The molecule has 0 aromatic carbocycles. The minimum Gasteiger partial charge on any atom is -0.345 e. The molecule has 0 fully saturated rings. The molecule has 1 unspecified atom stereocenters. The molecule has 6 heteroatoms. The molecule has 1 aromatic rings. The fraction of sp³-hybridized carbons (Fsp3) is 0.462. The number of carbonyl (C=O) groups excluding carboxylic acids is 1. The largest absolute Gasteiger partial charge is 0.345 e. The van der Waals surface area contributed by atoms with Crippen molar-refractivity contribution in [3.8, 4) is 0 Å². The number of anilines is 1. The summed E-state index contributed by atoms with van der Waals surface area (Å²) in [5.41, 5.74) is 0.992. The van der Waals surface area contributed by atoms with E-state index in [2.05, 4.69) is 5.32 Å². The minimum atomic E-state index is -0.387. The van der Waals surface area contributed by atoms with Crippen LogP contribution in [0.5, 0.6) is 0 Å². The molecular weight excluding hydrogens is 246 g/mol. The summed E-state index contributed by atoms with van der Waals surface area (Å²) in [6, 6.07) is 0. The zero-order valence-electron chi connectivity index (χ0n) is 11.7. The maximum Gasteiger partial charge on any atom is 0.332 e. The highest BCUT2D eigenvalue weighted by atomic mass is 16.2. The average Bonchev–Trinajstić information content (AvgIpc) is 2.32. The molecule has 2 rings (SSSR count). The average molecular weight is 263 g/mol. The molecule has 0 saturated carbocycles. The molecule has 1 aliphatic heterocycles. The number of nitrogens with one attached hydrogen (secondary N) is 1. The van der Waals surface area contributed by atoms with E-state index in [-0.39, 0.29) is 23.0 Å². The first kappa shape index (κ1) is 13.3. The van der Waals surface area contributed by atoms with Crippen LogP contribution < -0.4 is 16.6 Å². The van der Waals surface area contributed by atoms with Crippen LogP contribution in [0.1, 0.15) is 32.3 Å². The molecule has 2 heterocycles. The predicted octanol–water partition coefficient (Wildman–Crippen LogP) is 0.476. The standard InChI is InChI=1S/C13H17N3O3/c1-6-9(8(3)17)7(2)14-11-10(6)12(18)16(5)13(19)15(11)4/h6,14H,1-5H3. The molecule has 1 N–H and O–H groups in total. The normalized spacial score (nSPS) is 18.1. The Morgan fingerprint density at radius 3 is 2.32 bits per heavy atom. The van der Waals surface area contributed by atoms with Gasteiger partial charge in [-0.2, -0.15) is 0 Å². The fourth-order valence-corrected chi connectivity index (χ4v) is 2.69. The number of allylic oxidation sites excluding steroid dienone is 2. The number of carbonyl (C=O) groups is 1. The Balaban J connectivity index is 2.85. The van der Waals surface area contributed by atoms with Gasteiger partial charge in [-0.1, -0.05) is 6.92 Å². The zero-order valence-corrected chi connectivity index (χ0v) is 11.7. The van der Waals surface area contributed by atoms with Gasteiger partial charge in [0.15, 0.2) is 5.78 Å². The van der Waals surface area contributed by atoms with Crippen molar-refractivity contribution in [2.75, 3.05) is 5.32 Å². The van der Waals surface area contributed by atoms with Crippen molar-refractivity contribution in [2.45, 2.75) is 26.7 Å². The number of ketones is 1. The third-order valence-electron chi connectivity index (χ3n) is 3.65. The van der Waals surface area contributed by atoms with Gasteiger partial charge in [0.05, 0.1) is 5.56 Å². The number of hydrogen-bond acceptors (Lipinski definition) is 4. The Bertz CT molecular complexity index is 722. The van der Waals surface area contributed by atoms with Crippen LogP contribution in [-0.2, 0) is 18.9 Å². The van der Waals surface area contributed by atoms with E-state index >= 15 is 0 Å². The van der Waals surface area contributed by atoms with Gasteiger partial charge in [-0.3, -0.25) is 18.7 Å². The van der Waals surface area contributed by atoms with Crippen LogP contribution in [0, 0.1) is 0 Å². The van der Waals surface area contributed by atoms with Gasteiger partial charge in [-0.05, 0) is 13.8 Å². The Morgan fingerprint density at radius 2 is 1.79 bits per heavy atom. The lowest BCUT2D eigenvalue weighted by Gasteiger charge is -2.28. The number of fused-ring (bicyclic) bond motifs is 1. The van der Waals surface area contributed by atoms with E-state index in [1.165, 1.54) is 18.5 Å². The summed E-state index contributed by atoms with van der Waals surface area (Å²) in [5, 5.41) is 3.01. The van der Waals surface area contributed by atoms with E-state index in [0.29, 0.717) is 22.7 Å². The Labute approximate surface area is 110 Å². The molecule has 0 bridgehead atoms. The molecule has 0 radical (unpaired) electrons. The Morgan fingerprint density at radius 1 is 1.21 bits per heavy atom. The maximum atomic E-state index is 12.2. The Kier molecular flexibility index (Phi) is 2.96. The van der Waals surface area contributed by atoms with Crippen LogP contribution in [-0.4, -0.2) is 14.9 Å². The number of Topliss-reactive ketones (excluding diaryl/α,β-unsaturated/α-hetero) is 1. The summed E-state index contributed by atoms with van der Waals surface area (Å²) in [6.45, 7) is 5.07. The van der Waals surface area contributed by atoms with E-state index in [4.69, 9.17) is 0 Å². The summed E-state index contributed by atoms with van der Waals surface area (Å²) in [5.74, 6) is 0.0846. The molecule has 1 atom stereocenters. The van der Waals surface area contributed by atoms with Crippen LogP contribution in [0.15, 0.2) is 20.9 Å². The first-order valence-electron chi connectivity index (χ1n) is 6.06. The first-order chi connectivity index (χ1) is 8.77. The lowest BCUT2D eigenvalue weighted by atomic mass is 9.87. The van der Waals surface area contributed by atoms with Gasteiger partial charge in [0.25, 0.3) is 5.56 Å². The van der Waals surface area contributed by atoms with Gasteiger partial charge in [0, 0.05) is 31.3 Å². The van der Waals surface area contributed by atoms with Crippen molar-refractivity contribution < 1.29 is 4.79 Å². The lowest BCUT2D eigenvalue weighted by molar-refractivity contribution is -0.113. The molecule has 0 saturated heterocycles. The molecule has 1 aliphatic rings. The summed E-state index contributed by atoms with van der Waals surface area (Å²) >= 11 is 0. The first-order valence-corrected chi connectivity index (χ1v) is 6.06. The molecule has 0 spiro atoms. The molecule has 19 heavy (non-hydrogen) atoms. The van der Waals surface area contributed by atoms with Crippen LogP contribution in [0.25, 0.3) is 0 Å². The summed E-state index contributed by atoms with van der Waals surface area (Å²) in [7, 11) is 3.04. The molecule has 0 aliphatic carbocycles. The topological polar surface area (TPSA) is 73.1 Å². The highest BCUT2D eigenvalue weighted by molar-refractivity contribution is 5.97. The summed E-state index contributed by atoms with van der Waals surface area (Å²) in [6.07, 6.45) is 0. The van der Waals surface area contributed by atoms with E-state index in [0.717, 1.165) is 4.57 Å².